The van der Waals surface area contributed by atoms with Crippen LogP contribution >= 0.6 is 12.6 Å². The summed E-state index contributed by atoms with van der Waals surface area (Å²) in [6.45, 7) is 4.05. The Morgan fingerprint density at radius 3 is 2.50 bits per heavy atom. The van der Waals surface area contributed by atoms with E-state index in [-0.39, 0.29) is 41.3 Å². The number of aryl methyl sites for hydroxylation is 1. The highest BCUT2D eigenvalue weighted by Gasteiger charge is 2.33. The molecule has 1 aliphatic carbocycles. The van der Waals surface area contributed by atoms with Crippen molar-refractivity contribution in [2.45, 2.75) is 94.0 Å². The third-order valence-corrected chi connectivity index (χ3v) is 9.77. The van der Waals surface area contributed by atoms with Crippen LogP contribution in [0.15, 0.2) is 60.7 Å². The van der Waals surface area contributed by atoms with Gasteiger partial charge >= 0.3 is 0 Å². The fourth-order valence-electron chi connectivity index (χ4n) is 7.03. The number of likely N-dealkylation sites (tertiary alicyclic amines) is 1. The van der Waals surface area contributed by atoms with Crippen LogP contribution < -0.4 is 4.74 Å². The topological polar surface area (TPSA) is 41.9 Å². The van der Waals surface area contributed by atoms with Crippen LogP contribution in [0.2, 0.25) is 0 Å². The van der Waals surface area contributed by atoms with E-state index in [9.17, 15) is 13.9 Å². The van der Waals surface area contributed by atoms with Crippen LogP contribution in [0.4, 0.5) is 8.78 Å². The zero-order valence-electron chi connectivity index (χ0n) is 24.2. The van der Waals surface area contributed by atoms with Gasteiger partial charge in [-0.05, 0) is 110 Å². The molecule has 7 heteroatoms. The number of benzene rings is 3. The van der Waals surface area contributed by atoms with Gasteiger partial charge < -0.3 is 14.6 Å². The second-order valence-corrected chi connectivity index (χ2v) is 13.0. The van der Waals surface area contributed by atoms with Gasteiger partial charge in [0.15, 0.2) is 0 Å². The first kappa shape index (κ1) is 29.6. The predicted octanol–water partition coefficient (Wildman–Crippen LogP) is 7.51. The number of thiol groups is 1. The normalized spacial score (nSPS) is 28.6. The molecule has 0 radical (unpaired) electrons. The van der Waals surface area contributed by atoms with E-state index in [0.29, 0.717) is 24.4 Å². The highest BCUT2D eigenvalue weighted by Crippen LogP contribution is 2.38. The maximum atomic E-state index is 14.3. The summed E-state index contributed by atoms with van der Waals surface area (Å²) in [6.07, 6.45) is 6.41. The highest BCUT2D eigenvalue weighted by molar-refractivity contribution is 7.80. The second-order valence-electron chi connectivity index (χ2n) is 12.4. The van der Waals surface area contributed by atoms with Crippen molar-refractivity contribution in [2.24, 2.45) is 0 Å². The lowest BCUT2D eigenvalue weighted by Crippen LogP contribution is -2.37. The maximum Gasteiger partial charge on any atom is 0.126 e. The lowest BCUT2D eigenvalue weighted by molar-refractivity contribution is -0.0598. The molecule has 2 saturated heterocycles. The summed E-state index contributed by atoms with van der Waals surface area (Å²) in [5.41, 5.74) is 5.09. The van der Waals surface area contributed by atoms with E-state index in [0.717, 1.165) is 62.9 Å². The first-order chi connectivity index (χ1) is 20.3. The molecule has 0 amide bonds. The number of aliphatic hydroxyl groups excluding tert-OH is 1. The van der Waals surface area contributed by atoms with Crippen molar-refractivity contribution in [3.8, 4) is 5.75 Å². The highest BCUT2D eigenvalue weighted by atomic mass is 32.1. The Bertz CT molecular complexity index is 1350. The number of ether oxygens (including phenoxy) is 2. The number of nitrogens with zero attached hydrogens (tertiary/aromatic N) is 1. The summed E-state index contributed by atoms with van der Waals surface area (Å²) in [5.74, 6) is 0.353. The molecular formula is C35H41F2NO3S. The van der Waals surface area contributed by atoms with Gasteiger partial charge in [0.1, 0.15) is 28.9 Å². The summed E-state index contributed by atoms with van der Waals surface area (Å²) in [4.78, 5) is 2.53. The number of hydrogen-bond acceptors (Lipinski definition) is 5. The average molecular weight is 594 g/mol. The fourth-order valence-corrected chi connectivity index (χ4v) is 7.42. The standard InChI is InChI=1S/C35H41F2NO3S/c1-22-2-5-25(34-19-29(39)20-35(42)41-34)17-26(22)16-23-3-11-30(12-4-23)40-31-14-15-38(21-31)28-9-6-24(7-10-28)32-18-27(36)8-13-33(32)37/h2-5,8,11-13,17-18,24,28-29,31,34-35,39,42H,6-7,9-10,14-16,19-21H2,1H3/t24-,28+,29-,31-,34-,35-/m1/s1. The van der Waals surface area contributed by atoms with Crippen LogP contribution in [0.3, 0.4) is 0 Å². The van der Waals surface area contributed by atoms with Crippen LogP contribution in [-0.2, 0) is 11.2 Å². The Hall–Kier alpha value is -2.45. The molecule has 3 aliphatic rings. The Labute approximate surface area is 253 Å². The molecule has 6 rings (SSSR count). The van der Waals surface area contributed by atoms with Crippen molar-refractivity contribution in [1.29, 1.82) is 0 Å². The lowest BCUT2D eigenvalue weighted by atomic mass is 9.81. The van der Waals surface area contributed by atoms with Gasteiger partial charge in [-0.15, -0.1) is 12.6 Å². The molecule has 0 spiro atoms. The minimum atomic E-state index is -0.386. The molecule has 0 bridgehead atoms. The zero-order valence-corrected chi connectivity index (χ0v) is 25.1. The number of hydrogen-bond donors (Lipinski definition) is 2. The van der Waals surface area contributed by atoms with E-state index in [2.05, 4.69) is 66.9 Å². The van der Waals surface area contributed by atoms with Crippen LogP contribution in [0, 0.1) is 18.6 Å². The maximum absolute atomic E-state index is 14.3. The average Bonchev–Trinajstić information content (AvgIpc) is 3.44. The van der Waals surface area contributed by atoms with Crippen molar-refractivity contribution in [3.63, 3.8) is 0 Å². The zero-order chi connectivity index (χ0) is 29.2. The Kier molecular flexibility index (Phi) is 9.20. The van der Waals surface area contributed by atoms with Gasteiger partial charge in [0, 0.05) is 32.0 Å². The van der Waals surface area contributed by atoms with Crippen LogP contribution in [0.5, 0.6) is 5.75 Å². The molecule has 1 saturated carbocycles. The fraction of sp³-hybridized carbons (Fsp3) is 0.486. The summed E-state index contributed by atoms with van der Waals surface area (Å²) in [6, 6.07) is 19.2. The van der Waals surface area contributed by atoms with Crippen molar-refractivity contribution >= 4 is 12.6 Å². The Morgan fingerprint density at radius 1 is 0.952 bits per heavy atom. The largest absolute Gasteiger partial charge is 0.489 e. The molecule has 3 fully saturated rings. The molecule has 224 valence electrons. The lowest BCUT2D eigenvalue weighted by Gasteiger charge is -2.34. The molecule has 1 N–H and O–H groups in total. The Morgan fingerprint density at radius 2 is 1.74 bits per heavy atom. The summed E-state index contributed by atoms with van der Waals surface area (Å²) < 4.78 is 40.3. The van der Waals surface area contributed by atoms with Gasteiger partial charge in [-0.1, -0.05) is 30.3 Å². The van der Waals surface area contributed by atoms with Crippen LogP contribution in [0.1, 0.15) is 84.8 Å². The molecule has 42 heavy (non-hydrogen) atoms. The number of aliphatic hydroxyl groups is 1. The van der Waals surface area contributed by atoms with Crippen molar-refractivity contribution in [2.75, 3.05) is 13.1 Å². The molecule has 4 nitrogen and oxygen atoms in total. The molecule has 0 aromatic heterocycles. The van der Waals surface area contributed by atoms with Crippen molar-refractivity contribution in [3.05, 3.63) is 100 Å². The van der Waals surface area contributed by atoms with E-state index in [1.165, 1.54) is 34.9 Å². The van der Waals surface area contributed by atoms with Crippen LogP contribution in [-0.4, -0.2) is 46.8 Å². The Balaban J connectivity index is 1.00. The van der Waals surface area contributed by atoms with Crippen LogP contribution in [0.25, 0.3) is 0 Å². The monoisotopic (exact) mass is 593 g/mol. The van der Waals surface area contributed by atoms with E-state index >= 15 is 0 Å². The van der Waals surface area contributed by atoms with Gasteiger partial charge in [-0.2, -0.15) is 0 Å². The quantitative estimate of drug-likeness (QED) is 0.278. The van der Waals surface area contributed by atoms with E-state index < -0.39 is 0 Å². The summed E-state index contributed by atoms with van der Waals surface area (Å²) >= 11 is 4.44. The molecule has 3 aromatic rings. The van der Waals surface area contributed by atoms with Crippen molar-refractivity contribution < 1.29 is 23.4 Å². The summed E-state index contributed by atoms with van der Waals surface area (Å²) in [7, 11) is 0. The number of halogens is 2. The molecular weight excluding hydrogens is 552 g/mol. The number of rotatable bonds is 7. The minimum absolute atomic E-state index is 0.102. The first-order valence-electron chi connectivity index (χ1n) is 15.4. The molecule has 4 atom stereocenters. The minimum Gasteiger partial charge on any atom is -0.489 e. The van der Waals surface area contributed by atoms with Gasteiger partial charge in [0.25, 0.3) is 0 Å². The predicted molar refractivity (Wildman–Crippen MR) is 164 cm³/mol. The molecule has 3 aromatic carbocycles. The molecule has 2 aliphatic heterocycles. The first-order valence-corrected chi connectivity index (χ1v) is 15.9. The summed E-state index contributed by atoms with van der Waals surface area (Å²) in [5, 5.41) is 10.2. The van der Waals surface area contributed by atoms with E-state index in [1.54, 1.807) is 0 Å². The third-order valence-electron chi connectivity index (χ3n) is 9.43. The van der Waals surface area contributed by atoms with Gasteiger partial charge in [-0.25, -0.2) is 8.78 Å². The smallest absolute Gasteiger partial charge is 0.126 e. The van der Waals surface area contributed by atoms with Gasteiger partial charge in [0.2, 0.25) is 0 Å². The molecule has 0 unspecified atom stereocenters. The van der Waals surface area contributed by atoms with E-state index in [1.807, 2.05) is 0 Å². The molecule has 2 heterocycles. The third kappa shape index (κ3) is 7.02. The van der Waals surface area contributed by atoms with Gasteiger partial charge in [-0.3, -0.25) is 4.90 Å². The van der Waals surface area contributed by atoms with Gasteiger partial charge in [0.05, 0.1) is 12.2 Å². The van der Waals surface area contributed by atoms with E-state index in [4.69, 9.17) is 9.47 Å². The SMILES string of the molecule is Cc1ccc([C@H]2C[C@@H](O)C[C@@H](S)O2)cc1Cc1ccc(O[C@@H]2CCN([C@H]3CC[C@@H](c4cc(F)ccc4F)CC3)C2)cc1. The second kappa shape index (κ2) is 13.0. The van der Waals surface area contributed by atoms with Crippen molar-refractivity contribution in [1.82, 2.24) is 4.90 Å².